The van der Waals surface area contributed by atoms with Crippen LogP contribution in [0.4, 0.5) is 14.9 Å². The van der Waals surface area contributed by atoms with Crippen LogP contribution in [0.3, 0.4) is 0 Å². The van der Waals surface area contributed by atoms with E-state index >= 15 is 0 Å². The van der Waals surface area contributed by atoms with E-state index in [0.29, 0.717) is 23.6 Å². The fourth-order valence-corrected chi connectivity index (χ4v) is 3.35. The van der Waals surface area contributed by atoms with E-state index in [2.05, 4.69) is 11.9 Å². The predicted molar refractivity (Wildman–Crippen MR) is 110 cm³/mol. The molecule has 8 heteroatoms. The van der Waals surface area contributed by atoms with Crippen LogP contribution in [-0.2, 0) is 9.59 Å². The molecule has 2 aromatic rings. The van der Waals surface area contributed by atoms with Crippen LogP contribution in [0.15, 0.2) is 66.1 Å². The summed E-state index contributed by atoms with van der Waals surface area (Å²) in [6.45, 7) is 3.51. The smallest absolute Gasteiger partial charge is 0.294 e. The van der Waals surface area contributed by atoms with Gasteiger partial charge >= 0.3 is 0 Å². The number of carbonyl (C=O) groups excluding carboxylic acids is 3. The number of rotatable bonds is 7. The molecule has 6 nitrogen and oxygen atoms in total. The third-order valence-electron chi connectivity index (χ3n) is 3.83. The first kappa shape index (κ1) is 20.3. The Hall–Kier alpha value is -3.39. The molecule has 0 unspecified atom stereocenters. The molecule has 29 heavy (non-hydrogen) atoms. The van der Waals surface area contributed by atoms with Gasteiger partial charge in [0.2, 0.25) is 5.91 Å². The summed E-state index contributed by atoms with van der Waals surface area (Å²) in [6.07, 6.45) is 3.19. The second-order valence-electron chi connectivity index (χ2n) is 6.00. The van der Waals surface area contributed by atoms with Crippen molar-refractivity contribution < 1.29 is 23.5 Å². The molecule has 3 amide bonds. The van der Waals surface area contributed by atoms with Crippen LogP contribution in [0.2, 0.25) is 0 Å². The molecule has 1 aliphatic rings. The number of nitrogens with zero attached hydrogens (tertiary/aromatic N) is 1. The first-order valence-corrected chi connectivity index (χ1v) is 9.42. The average molecular weight is 412 g/mol. The monoisotopic (exact) mass is 412 g/mol. The lowest BCUT2D eigenvalue weighted by molar-refractivity contribution is -0.127. The minimum absolute atomic E-state index is 0.213. The number of halogens is 1. The lowest BCUT2D eigenvalue weighted by Gasteiger charge is -2.12. The summed E-state index contributed by atoms with van der Waals surface area (Å²) in [6, 6.07) is 12.2. The van der Waals surface area contributed by atoms with E-state index in [0.717, 1.165) is 16.7 Å². The second-order valence-corrected chi connectivity index (χ2v) is 6.99. The number of amides is 3. The topological polar surface area (TPSA) is 75.7 Å². The van der Waals surface area contributed by atoms with Crippen molar-refractivity contribution >= 4 is 40.6 Å². The summed E-state index contributed by atoms with van der Waals surface area (Å²) in [4.78, 5) is 38.0. The SMILES string of the molecule is C=CCOc1cccc(/C=C2/SC(=O)N(CC(=O)Nc3ccc(F)cc3)C2=O)c1. The highest BCUT2D eigenvalue weighted by Crippen LogP contribution is 2.32. The summed E-state index contributed by atoms with van der Waals surface area (Å²) in [5, 5.41) is 1.99. The van der Waals surface area contributed by atoms with E-state index in [1.807, 2.05) is 0 Å². The molecule has 0 atom stereocenters. The highest BCUT2D eigenvalue weighted by Gasteiger charge is 2.36. The van der Waals surface area contributed by atoms with E-state index in [4.69, 9.17) is 4.74 Å². The number of hydrogen-bond donors (Lipinski definition) is 1. The van der Waals surface area contributed by atoms with Gasteiger partial charge in [-0.05, 0) is 59.8 Å². The normalized spacial score (nSPS) is 14.9. The number of hydrogen-bond acceptors (Lipinski definition) is 5. The van der Waals surface area contributed by atoms with Gasteiger partial charge in [0.1, 0.15) is 24.7 Å². The Labute approximate surface area is 171 Å². The van der Waals surface area contributed by atoms with Crippen molar-refractivity contribution in [2.45, 2.75) is 0 Å². The van der Waals surface area contributed by atoms with Gasteiger partial charge in [0.05, 0.1) is 4.91 Å². The van der Waals surface area contributed by atoms with E-state index in [1.165, 1.54) is 24.3 Å². The van der Waals surface area contributed by atoms with Gasteiger partial charge < -0.3 is 10.1 Å². The minimum atomic E-state index is -0.556. The largest absolute Gasteiger partial charge is 0.490 e. The summed E-state index contributed by atoms with van der Waals surface area (Å²) >= 11 is 0.763. The predicted octanol–water partition coefficient (Wildman–Crippen LogP) is 4.07. The first-order chi connectivity index (χ1) is 14.0. The Balaban J connectivity index is 1.67. The van der Waals surface area contributed by atoms with Crippen molar-refractivity contribution in [1.82, 2.24) is 4.90 Å². The van der Waals surface area contributed by atoms with Crippen molar-refractivity contribution in [3.05, 3.63) is 77.5 Å². The summed E-state index contributed by atoms with van der Waals surface area (Å²) in [7, 11) is 0. The average Bonchev–Trinajstić information content (AvgIpc) is 2.96. The van der Waals surface area contributed by atoms with Gasteiger partial charge in [0, 0.05) is 5.69 Å². The molecule has 0 spiro atoms. The number of nitrogens with one attached hydrogen (secondary N) is 1. The number of ether oxygens (including phenoxy) is 1. The molecule has 0 saturated carbocycles. The van der Waals surface area contributed by atoms with Crippen LogP contribution < -0.4 is 10.1 Å². The number of thioether (sulfide) groups is 1. The Morgan fingerprint density at radius 1 is 1.21 bits per heavy atom. The maximum Gasteiger partial charge on any atom is 0.294 e. The Morgan fingerprint density at radius 3 is 2.69 bits per heavy atom. The number of anilines is 1. The molecule has 0 aliphatic carbocycles. The Morgan fingerprint density at radius 2 is 1.97 bits per heavy atom. The maximum absolute atomic E-state index is 12.9. The molecule has 0 radical (unpaired) electrons. The minimum Gasteiger partial charge on any atom is -0.490 e. The van der Waals surface area contributed by atoms with E-state index < -0.39 is 29.4 Å². The summed E-state index contributed by atoms with van der Waals surface area (Å²) < 4.78 is 18.4. The molecular formula is C21H17FN2O4S. The zero-order chi connectivity index (χ0) is 20.8. The fraction of sp³-hybridized carbons (Fsp3) is 0.0952. The lowest BCUT2D eigenvalue weighted by atomic mass is 10.2. The maximum atomic E-state index is 12.9. The quantitative estimate of drug-likeness (QED) is 0.548. The van der Waals surface area contributed by atoms with Crippen molar-refractivity contribution in [1.29, 1.82) is 0 Å². The van der Waals surface area contributed by atoms with E-state index in [-0.39, 0.29) is 4.91 Å². The van der Waals surface area contributed by atoms with Crippen molar-refractivity contribution in [3.8, 4) is 5.75 Å². The van der Waals surface area contributed by atoms with Crippen LogP contribution in [0.1, 0.15) is 5.56 Å². The van der Waals surface area contributed by atoms with Crippen LogP contribution >= 0.6 is 11.8 Å². The number of benzene rings is 2. The molecular weight excluding hydrogens is 395 g/mol. The second kappa shape index (κ2) is 9.20. The van der Waals surface area contributed by atoms with Crippen LogP contribution in [0.25, 0.3) is 6.08 Å². The standard InChI is InChI=1S/C21H17FN2O4S/c1-2-10-28-17-5-3-4-14(11-17)12-18-20(26)24(21(27)29-18)13-19(25)23-16-8-6-15(22)7-9-16/h2-9,11-12H,1,10,13H2,(H,23,25)/b18-12+. The van der Waals surface area contributed by atoms with E-state index in [1.54, 1.807) is 36.4 Å². The van der Waals surface area contributed by atoms with Crippen molar-refractivity contribution in [2.75, 3.05) is 18.5 Å². The lowest BCUT2D eigenvalue weighted by Crippen LogP contribution is -2.36. The molecule has 1 heterocycles. The zero-order valence-electron chi connectivity index (χ0n) is 15.3. The van der Waals surface area contributed by atoms with Crippen LogP contribution in [-0.4, -0.2) is 35.1 Å². The molecule has 0 bridgehead atoms. The van der Waals surface area contributed by atoms with Crippen LogP contribution in [0.5, 0.6) is 5.75 Å². The van der Waals surface area contributed by atoms with Gasteiger partial charge in [-0.25, -0.2) is 4.39 Å². The van der Waals surface area contributed by atoms with Crippen molar-refractivity contribution in [2.24, 2.45) is 0 Å². The summed E-state index contributed by atoms with van der Waals surface area (Å²) in [5.74, 6) is -0.929. The molecule has 1 N–H and O–H groups in total. The molecule has 3 rings (SSSR count). The van der Waals surface area contributed by atoms with Gasteiger partial charge in [-0.15, -0.1) is 0 Å². The Bertz CT molecular complexity index is 988. The molecule has 1 fully saturated rings. The van der Waals surface area contributed by atoms with Gasteiger partial charge in [0.15, 0.2) is 0 Å². The molecule has 1 aliphatic heterocycles. The van der Waals surface area contributed by atoms with Gasteiger partial charge in [-0.1, -0.05) is 24.8 Å². The highest BCUT2D eigenvalue weighted by atomic mass is 32.2. The summed E-state index contributed by atoms with van der Waals surface area (Å²) in [5.41, 5.74) is 1.06. The third-order valence-corrected chi connectivity index (χ3v) is 4.73. The number of imide groups is 1. The first-order valence-electron chi connectivity index (χ1n) is 8.61. The molecule has 1 saturated heterocycles. The van der Waals surface area contributed by atoms with Gasteiger partial charge in [-0.3, -0.25) is 19.3 Å². The fourth-order valence-electron chi connectivity index (χ4n) is 2.51. The van der Waals surface area contributed by atoms with Gasteiger partial charge in [0.25, 0.3) is 11.1 Å². The molecule has 0 aromatic heterocycles. The molecule has 2 aromatic carbocycles. The van der Waals surface area contributed by atoms with Crippen LogP contribution in [0, 0.1) is 5.82 Å². The Kier molecular flexibility index (Phi) is 6.46. The third kappa shape index (κ3) is 5.32. The van der Waals surface area contributed by atoms with Crippen molar-refractivity contribution in [3.63, 3.8) is 0 Å². The molecule has 148 valence electrons. The zero-order valence-corrected chi connectivity index (χ0v) is 16.1. The van der Waals surface area contributed by atoms with Gasteiger partial charge in [-0.2, -0.15) is 0 Å². The highest BCUT2D eigenvalue weighted by molar-refractivity contribution is 8.18. The number of carbonyl (C=O) groups is 3. The van der Waals surface area contributed by atoms with E-state index in [9.17, 15) is 18.8 Å².